The number of rotatable bonds is 9. The Morgan fingerprint density at radius 2 is 1.93 bits per heavy atom. The maximum atomic E-state index is 12.7. The fourth-order valence-corrected chi connectivity index (χ4v) is 3.56. The van der Waals surface area contributed by atoms with E-state index in [0.29, 0.717) is 41.1 Å². The van der Waals surface area contributed by atoms with E-state index >= 15 is 0 Å². The van der Waals surface area contributed by atoms with Crippen LogP contribution in [0.25, 0.3) is 0 Å². The molecule has 2 aromatic rings. The Hall–Kier alpha value is -2.78. The van der Waals surface area contributed by atoms with E-state index in [1.54, 1.807) is 36.4 Å². The molecule has 0 aliphatic heterocycles. The predicted octanol–water partition coefficient (Wildman–Crippen LogP) is 3.37. The van der Waals surface area contributed by atoms with Gasteiger partial charge in [0, 0.05) is 12.2 Å². The number of nitrogens with one attached hydrogen (secondary N) is 3. The highest BCUT2D eigenvalue weighted by Crippen LogP contribution is 2.28. The third kappa shape index (κ3) is 5.86. The van der Waals surface area contributed by atoms with Crippen LogP contribution in [0.2, 0.25) is 0 Å². The van der Waals surface area contributed by atoms with Crippen LogP contribution < -0.4 is 24.8 Å². The number of ether oxygens (including phenoxy) is 2. The second kappa shape index (κ2) is 9.95. The van der Waals surface area contributed by atoms with Crippen molar-refractivity contribution in [3.63, 3.8) is 0 Å². The molecule has 0 saturated heterocycles. The molecule has 3 N–H and O–H groups in total. The fourth-order valence-electron chi connectivity index (χ4n) is 2.28. The minimum atomic E-state index is -3.80. The largest absolute Gasteiger partial charge is 0.495 e. The molecule has 0 heterocycles. The van der Waals surface area contributed by atoms with E-state index in [9.17, 15) is 8.42 Å². The maximum Gasteiger partial charge on any atom is 0.261 e. The highest BCUT2D eigenvalue weighted by Gasteiger charge is 2.17. The molecule has 0 aromatic heterocycles. The van der Waals surface area contributed by atoms with Crippen LogP contribution in [0.5, 0.6) is 11.5 Å². The smallest absolute Gasteiger partial charge is 0.261 e. The standard InChI is InChI=1S/C19H23N3O4S2/c1-4-12-20-19(27)21-17-13-16(10-11-18(17)25-3)28(23,24)22-14-6-8-15(9-7-14)26-5-2/h4,6-11,13,22H,1,5,12H2,2-3H3,(H2,20,21,27). The molecule has 0 spiro atoms. The van der Waals surface area contributed by atoms with Gasteiger partial charge in [-0.25, -0.2) is 8.42 Å². The summed E-state index contributed by atoms with van der Waals surface area (Å²) in [5.74, 6) is 1.13. The Morgan fingerprint density at radius 3 is 2.54 bits per heavy atom. The first kappa shape index (κ1) is 21.5. The number of hydrogen-bond acceptors (Lipinski definition) is 5. The molecule has 2 aromatic carbocycles. The van der Waals surface area contributed by atoms with Crippen molar-refractivity contribution in [2.45, 2.75) is 11.8 Å². The molecule has 0 aliphatic carbocycles. The van der Waals surface area contributed by atoms with Crippen LogP contribution in [0, 0.1) is 0 Å². The normalized spacial score (nSPS) is 10.6. The van der Waals surface area contributed by atoms with Crippen LogP contribution in [-0.2, 0) is 10.0 Å². The molecule has 0 fully saturated rings. The van der Waals surface area contributed by atoms with Gasteiger partial charge in [-0.2, -0.15) is 0 Å². The molecule has 0 amide bonds. The Kier molecular flexibility index (Phi) is 7.65. The molecule has 0 unspecified atom stereocenters. The van der Waals surface area contributed by atoms with Gasteiger partial charge in [0.15, 0.2) is 5.11 Å². The zero-order valence-electron chi connectivity index (χ0n) is 15.7. The molecule has 0 saturated carbocycles. The highest BCUT2D eigenvalue weighted by atomic mass is 32.2. The van der Waals surface area contributed by atoms with Gasteiger partial charge in [0.2, 0.25) is 0 Å². The third-order valence-electron chi connectivity index (χ3n) is 3.55. The molecule has 0 aliphatic rings. The van der Waals surface area contributed by atoms with Gasteiger partial charge in [0.1, 0.15) is 11.5 Å². The molecule has 0 radical (unpaired) electrons. The minimum absolute atomic E-state index is 0.0659. The zero-order chi connectivity index (χ0) is 20.6. The van der Waals surface area contributed by atoms with Crippen molar-refractivity contribution in [2.75, 3.05) is 30.3 Å². The first-order valence-corrected chi connectivity index (χ1v) is 10.4. The van der Waals surface area contributed by atoms with Gasteiger partial charge in [-0.05, 0) is 61.6 Å². The second-order valence-electron chi connectivity index (χ2n) is 5.55. The number of sulfonamides is 1. The molecule has 2 rings (SSSR count). The van der Waals surface area contributed by atoms with Gasteiger partial charge in [-0.1, -0.05) is 6.08 Å². The van der Waals surface area contributed by atoms with Crippen LogP contribution in [0.3, 0.4) is 0 Å². The number of hydrogen-bond donors (Lipinski definition) is 3. The Balaban J connectivity index is 2.23. The van der Waals surface area contributed by atoms with E-state index in [0.717, 1.165) is 0 Å². The topological polar surface area (TPSA) is 88.7 Å². The Bertz CT molecular complexity index is 929. The van der Waals surface area contributed by atoms with Crippen LogP contribution >= 0.6 is 12.2 Å². The zero-order valence-corrected chi connectivity index (χ0v) is 17.3. The second-order valence-corrected chi connectivity index (χ2v) is 7.64. The number of methoxy groups -OCH3 is 1. The molecule has 150 valence electrons. The van der Waals surface area contributed by atoms with Gasteiger partial charge in [0.05, 0.1) is 24.3 Å². The van der Waals surface area contributed by atoms with Crippen molar-refractivity contribution in [3.05, 3.63) is 55.1 Å². The maximum absolute atomic E-state index is 12.7. The average Bonchev–Trinajstić information content (AvgIpc) is 2.68. The molecular weight excluding hydrogens is 398 g/mol. The van der Waals surface area contributed by atoms with Crippen LogP contribution in [-0.4, -0.2) is 33.8 Å². The van der Waals surface area contributed by atoms with Gasteiger partial charge in [-0.3, -0.25) is 4.72 Å². The third-order valence-corrected chi connectivity index (χ3v) is 5.18. The summed E-state index contributed by atoms with van der Waals surface area (Å²) in [4.78, 5) is 0.0659. The van der Waals surface area contributed by atoms with E-state index in [1.807, 2.05) is 6.92 Å². The highest BCUT2D eigenvalue weighted by molar-refractivity contribution is 7.92. The monoisotopic (exact) mass is 421 g/mol. The summed E-state index contributed by atoms with van der Waals surface area (Å²) in [6.45, 7) is 6.50. The van der Waals surface area contributed by atoms with E-state index in [2.05, 4.69) is 21.9 Å². The fraction of sp³-hybridized carbons (Fsp3) is 0.211. The van der Waals surface area contributed by atoms with Crippen molar-refractivity contribution in [3.8, 4) is 11.5 Å². The van der Waals surface area contributed by atoms with Crippen molar-refractivity contribution >= 4 is 38.7 Å². The molecule has 7 nitrogen and oxygen atoms in total. The van der Waals surface area contributed by atoms with E-state index in [4.69, 9.17) is 21.7 Å². The number of anilines is 2. The Labute approximate surface area is 170 Å². The van der Waals surface area contributed by atoms with Crippen LogP contribution in [0.4, 0.5) is 11.4 Å². The summed E-state index contributed by atoms with van der Waals surface area (Å²) < 4.78 is 38.7. The number of thiocarbonyl (C=S) groups is 1. The lowest BCUT2D eigenvalue weighted by Crippen LogP contribution is -2.28. The van der Waals surface area contributed by atoms with Crippen molar-refractivity contribution in [2.24, 2.45) is 0 Å². The summed E-state index contributed by atoms with van der Waals surface area (Å²) in [5.41, 5.74) is 0.857. The predicted molar refractivity (Wildman–Crippen MR) is 116 cm³/mol. The van der Waals surface area contributed by atoms with E-state index in [-0.39, 0.29) is 4.90 Å². The lowest BCUT2D eigenvalue weighted by molar-refractivity contribution is 0.340. The average molecular weight is 422 g/mol. The van der Waals surface area contributed by atoms with Crippen molar-refractivity contribution < 1.29 is 17.9 Å². The molecule has 9 heteroatoms. The molecule has 0 atom stereocenters. The van der Waals surface area contributed by atoms with Crippen molar-refractivity contribution in [1.82, 2.24) is 5.32 Å². The lowest BCUT2D eigenvalue weighted by atomic mass is 10.3. The molecule has 0 bridgehead atoms. The van der Waals surface area contributed by atoms with Crippen molar-refractivity contribution in [1.29, 1.82) is 0 Å². The van der Waals surface area contributed by atoms with Gasteiger partial charge in [-0.15, -0.1) is 6.58 Å². The van der Waals surface area contributed by atoms with E-state index < -0.39 is 10.0 Å². The van der Waals surface area contributed by atoms with Gasteiger partial charge >= 0.3 is 0 Å². The first-order valence-electron chi connectivity index (χ1n) is 8.49. The number of benzene rings is 2. The summed E-state index contributed by atoms with van der Waals surface area (Å²) in [6, 6.07) is 11.2. The molecular formula is C19H23N3O4S2. The van der Waals surface area contributed by atoms with Crippen LogP contribution in [0.1, 0.15) is 6.92 Å². The van der Waals surface area contributed by atoms with E-state index in [1.165, 1.54) is 19.2 Å². The van der Waals surface area contributed by atoms with Crippen LogP contribution in [0.15, 0.2) is 60.0 Å². The quantitative estimate of drug-likeness (QED) is 0.423. The minimum Gasteiger partial charge on any atom is -0.495 e. The summed E-state index contributed by atoms with van der Waals surface area (Å²) >= 11 is 5.18. The summed E-state index contributed by atoms with van der Waals surface area (Å²) in [5, 5.41) is 6.17. The first-order chi connectivity index (χ1) is 13.4. The summed E-state index contributed by atoms with van der Waals surface area (Å²) in [7, 11) is -2.31. The SMILES string of the molecule is C=CCNC(=S)Nc1cc(S(=O)(=O)Nc2ccc(OCC)cc2)ccc1OC. The summed E-state index contributed by atoms with van der Waals surface area (Å²) in [6.07, 6.45) is 1.66. The lowest BCUT2D eigenvalue weighted by Gasteiger charge is -2.15. The van der Waals surface area contributed by atoms with Gasteiger partial charge in [0.25, 0.3) is 10.0 Å². The molecule has 28 heavy (non-hydrogen) atoms. The van der Waals surface area contributed by atoms with Gasteiger partial charge < -0.3 is 20.1 Å². The Morgan fingerprint density at radius 1 is 1.21 bits per heavy atom.